The van der Waals surface area contributed by atoms with Crippen LogP contribution in [0.25, 0.3) is 10.9 Å². The fourth-order valence-electron chi connectivity index (χ4n) is 3.80. The molecule has 2 aliphatic heterocycles. The van der Waals surface area contributed by atoms with Gasteiger partial charge in [-0.2, -0.15) is 0 Å². The van der Waals surface area contributed by atoms with Crippen LogP contribution < -0.4 is 16.0 Å². The predicted octanol–water partition coefficient (Wildman–Crippen LogP) is 2.41. The van der Waals surface area contributed by atoms with Crippen LogP contribution in [0.4, 0.5) is 0 Å². The zero-order valence-corrected chi connectivity index (χ0v) is 16.2. The van der Waals surface area contributed by atoms with Gasteiger partial charge in [0.2, 0.25) is 5.91 Å². The average Bonchev–Trinajstić information content (AvgIpc) is 3.35. The molecule has 146 valence electrons. The van der Waals surface area contributed by atoms with Crippen molar-refractivity contribution in [2.75, 3.05) is 13.1 Å². The molecule has 1 aromatic carbocycles. The molecule has 0 radical (unpaired) electrons. The summed E-state index contributed by atoms with van der Waals surface area (Å²) in [5.41, 5.74) is 3.18. The predicted molar refractivity (Wildman–Crippen MR) is 113 cm³/mol. The summed E-state index contributed by atoms with van der Waals surface area (Å²) in [7, 11) is 0. The summed E-state index contributed by atoms with van der Waals surface area (Å²) in [6.45, 7) is 3.56. The quantitative estimate of drug-likeness (QED) is 0.660. The number of hydrogen-bond donors (Lipinski definition) is 4. The summed E-state index contributed by atoms with van der Waals surface area (Å²) in [4.78, 5) is 20.4. The molecule has 1 fully saturated rings. The standard InChI is InChI=1S/C22H27N5O/c1-15-12-17(27-22(28)20-9-5-10-23-20)6-4-11-24-21(26-15)13-16-14-25-19-8-3-2-7-18(16)19/h2-4,6-8,12,14-15,20,23,25H,5,9-11,13H2,1H3,(H,24,26)(H,27,28)/b6-4-,17-12+/t15?,20-/m0/s1. The van der Waals surface area contributed by atoms with Crippen LogP contribution in [0.15, 0.2) is 59.4 Å². The van der Waals surface area contributed by atoms with E-state index in [0.29, 0.717) is 6.54 Å². The monoisotopic (exact) mass is 377 g/mol. The van der Waals surface area contributed by atoms with Crippen molar-refractivity contribution in [3.63, 3.8) is 0 Å². The Kier molecular flexibility index (Phi) is 5.58. The first-order valence-electron chi connectivity index (χ1n) is 9.96. The highest BCUT2D eigenvalue weighted by Gasteiger charge is 2.22. The summed E-state index contributed by atoms with van der Waals surface area (Å²) < 4.78 is 0. The van der Waals surface area contributed by atoms with Crippen LogP contribution in [0.1, 0.15) is 25.3 Å². The van der Waals surface area contributed by atoms with Gasteiger partial charge in [0.25, 0.3) is 0 Å². The van der Waals surface area contributed by atoms with Crippen molar-refractivity contribution in [3.05, 3.63) is 60.0 Å². The van der Waals surface area contributed by atoms with Crippen LogP contribution in [-0.2, 0) is 11.2 Å². The lowest BCUT2D eigenvalue weighted by atomic mass is 10.1. The Morgan fingerprint density at radius 3 is 3.07 bits per heavy atom. The Morgan fingerprint density at radius 1 is 1.32 bits per heavy atom. The summed E-state index contributed by atoms with van der Waals surface area (Å²) in [6.07, 6.45) is 10.7. The van der Waals surface area contributed by atoms with Gasteiger partial charge < -0.3 is 20.9 Å². The fourth-order valence-corrected chi connectivity index (χ4v) is 3.80. The lowest BCUT2D eigenvalue weighted by Crippen LogP contribution is -2.40. The van der Waals surface area contributed by atoms with Gasteiger partial charge in [0.1, 0.15) is 5.84 Å². The largest absolute Gasteiger partial charge is 0.368 e. The first-order valence-corrected chi connectivity index (χ1v) is 9.96. The summed E-state index contributed by atoms with van der Waals surface area (Å²) in [5.74, 6) is 0.989. The van der Waals surface area contributed by atoms with Crippen LogP contribution in [0, 0.1) is 0 Å². The number of carbonyl (C=O) groups is 1. The molecule has 2 aromatic rings. The van der Waals surface area contributed by atoms with Gasteiger partial charge in [0, 0.05) is 35.3 Å². The first-order chi connectivity index (χ1) is 13.7. The van der Waals surface area contributed by atoms with Crippen molar-refractivity contribution >= 4 is 22.6 Å². The van der Waals surface area contributed by atoms with Crippen molar-refractivity contribution in [3.8, 4) is 0 Å². The highest BCUT2D eigenvalue weighted by molar-refractivity contribution is 5.91. The number of nitrogens with zero attached hydrogens (tertiary/aromatic N) is 1. The minimum absolute atomic E-state index is 0.0415. The molecule has 6 nitrogen and oxygen atoms in total. The van der Waals surface area contributed by atoms with Crippen LogP contribution in [-0.4, -0.2) is 41.9 Å². The molecule has 4 rings (SSSR count). The van der Waals surface area contributed by atoms with Crippen molar-refractivity contribution in [1.29, 1.82) is 0 Å². The minimum atomic E-state index is -0.0844. The number of benzene rings is 1. The smallest absolute Gasteiger partial charge is 0.241 e. The van der Waals surface area contributed by atoms with Crippen LogP contribution in [0.5, 0.6) is 0 Å². The number of aliphatic imine (C=N–C) groups is 1. The Labute approximate surface area is 165 Å². The zero-order valence-electron chi connectivity index (χ0n) is 16.2. The molecule has 1 amide bonds. The van der Waals surface area contributed by atoms with Gasteiger partial charge >= 0.3 is 0 Å². The van der Waals surface area contributed by atoms with Crippen LogP contribution in [0.2, 0.25) is 0 Å². The van der Waals surface area contributed by atoms with E-state index in [1.165, 1.54) is 10.9 Å². The van der Waals surface area contributed by atoms with Crippen molar-refractivity contribution in [1.82, 2.24) is 20.9 Å². The molecule has 2 aliphatic rings. The number of nitrogens with one attached hydrogen (secondary N) is 4. The van der Waals surface area contributed by atoms with Crippen LogP contribution >= 0.6 is 0 Å². The molecule has 28 heavy (non-hydrogen) atoms. The van der Waals surface area contributed by atoms with E-state index in [1.54, 1.807) is 0 Å². The van der Waals surface area contributed by atoms with E-state index in [4.69, 9.17) is 4.99 Å². The molecule has 1 unspecified atom stereocenters. The Bertz CT molecular complexity index is 933. The molecule has 1 aromatic heterocycles. The minimum Gasteiger partial charge on any atom is -0.368 e. The van der Waals surface area contributed by atoms with Crippen molar-refractivity contribution in [2.24, 2.45) is 4.99 Å². The van der Waals surface area contributed by atoms with Crippen molar-refractivity contribution in [2.45, 2.75) is 38.3 Å². The Hall–Kier alpha value is -2.86. The molecule has 0 aliphatic carbocycles. The highest BCUT2D eigenvalue weighted by atomic mass is 16.2. The first kappa shape index (κ1) is 18.5. The number of para-hydroxylation sites is 1. The number of aromatic amines is 1. The normalized spacial score (nSPS) is 25.6. The molecule has 0 bridgehead atoms. The number of rotatable bonds is 4. The maximum Gasteiger partial charge on any atom is 0.241 e. The third-order valence-electron chi connectivity index (χ3n) is 5.19. The van der Waals surface area contributed by atoms with E-state index >= 15 is 0 Å². The third-order valence-corrected chi connectivity index (χ3v) is 5.19. The molecule has 0 saturated carbocycles. The van der Waals surface area contributed by atoms with E-state index in [-0.39, 0.29) is 18.0 Å². The highest BCUT2D eigenvalue weighted by Crippen LogP contribution is 2.18. The molecule has 4 N–H and O–H groups in total. The van der Waals surface area contributed by atoms with E-state index in [0.717, 1.165) is 42.9 Å². The Balaban J connectivity index is 1.45. The molecular weight excluding hydrogens is 350 g/mol. The number of allylic oxidation sites excluding steroid dienone is 1. The summed E-state index contributed by atoms with van der Waals surface area (Å²) >= 11 is 0. The average molecular weight is 377 g/mol. The van der Waals surface area contributed by atoms with E-state index in [2.05, 4.69) is 52.3 Å². The number of hydrogen-bond acceptors (Lipinski definition) is 4. The SMILES string of the molecule is CC1/C=C(NC(=O)[C@@H]2CCCN2)\C=C/CN=C(Cc2c[nH]c3ccccc23)N1. The molecule has 3 heterocycles. The number of aromatic nitrogens is 1. The van der Waals surface area contributed by atoms with Gasteiger partial charge in [-0.15, -0.1) is 0 Å². The summed E-state index contributed by atoms with van der Waals surface area (Å²) in [6, 6.07) is 8.27. The number of H-pyrrole nitrogens is 1. The molecule has 6 heteroatoms. The summed E-state index contributed by atoms with van der Waals surface area (Å²) in [5, 5.41) is 11.0. The number of amides is 1. The second-order valence-electron chi connectivity index (χ2n) is 7.42. The molecule has 0 spiro atoms. The third kappa shape index (κ3) is 4.34. The van der Waals surface area contributed by atoms with Gasteiger partial charge in [-0.05, 0) is 50.1 Å². The maximum atomic E-state index is 12.4. The second kappa shape index (κ2) is 8.44. The topological polar surface area (TPSA) is 81.3 Å². The van der Waals surface area contributed by atoms with E-state index < -0.39 is 0 Å². The fraction of sp³-hybridized carbons (Fsp3) is 0.364. The zero-order chi connectivity index (χ0) is 19.3. The van der Waals surface area contributed by atoms with Gasteiger partial charge in [-0.1, -0.05) is 24.3 Å². The molecule has 2 atom stereocenters. The van der Waals surface area contributed by atoms with Gasteiger partial charge in [0.15, 0.2) is 0 Å². The molecular formula is C22H27N5O. The van der Waals surface area contributed by atoms with Gasteiger partial charge in [0.05, 0.1) is 12.6 Å². The second-order valence-corrected chi connectivity index (χ2v) is 7.42. The number of carbonyl (C=O) groups excluding carboxylic acids is 1. The van der Waals surface area contributed by atoms with Crippen LogP contribution in [0.3, 0.4) is 0 Å². The van der Waals surface area contributed by atoms with Gasteiger partial charge in [-0.25, -0.2) is 0 Å². The van der Waals surface area contributed by atoms with Crippen molar-refractivity contribution < 1.29 is 4.79 Å². The van der Waals surface area contributed by atoms with E-state index in [9.17, 15) is 4.79 Å². The van der Waals surface area contributed by atoms with E-state index in [1.807, 2.05) is 24.3 Å². The molecule has 1 saturated heterocycles. The van der Waals surface area contributed by atoms with Gasteiger partial charge in [-0.3, -0.25) is 9.79 Å². The maximum absolute atomic E-state index is 12.4. The Morgan fingerprint density at radius 2 is 2.21 bits per heavy atom. The lowest BCUT2D eigenvalue weighted by molar-refractivity contribution is -0.122. The number of amidine groups is 1. The number of fused-ring (bicyclic) bond motifs is 1. The lowest BCUT2D eigenvalue weighted by Gasteiger charge is -2.16.